The molecular formula is C15H13FN3O3P. The Labute approximate surface area is 131 Å². The first-order valence-corrected chi connectivity index (χ1v) is 8.53. The first-order chi connectivity index (χ1) is 10.9. The zero-order chi connectivity index (χ0) is 16.4. The van der Waals surface area contributed by atoms with Gasteiger partial charge in [0.15, 0.2) is 0 Å². The van der Waals surface area contributed by atoms with Gasteiger partial charge in [0.25, 0.3) is 0 Å². The average Bonchev–Trinajstić information content (AvgIpc) is 2.96. The van der Waals surface area contributed by atoms with Gasteiger partial charge in [-0.2, -0.15) is 0 Å². The molecular weight excluding hydrogens is 320 g/mol. The molecule has 2 N–H and O–H groups in total. The van der Waals surface area contributed by atoms with E-state index in [1.807, 2.05) is 0 Å². The van der Waals surface area contributed by atoms with E-state index in [0.717, 1.165) is 0 Å². The van der Waals surface area contributed by atoms with Crippen LogP contribution in [0.1, 0.15) is 5.56 Å². The fourth-order valence-corrected chi connectivity index (χ4v) is 2.89. The second kappa shape index (κ2) is 6.04. The van der Waals surface area contributed by atoms with Gasteiger partial charge in [-0.05, 0) is 29.8 Å². The number of rotatable bonds is 4. The minimum absolute atomic E-state index is 0.338. The van der Waals surface area contributed by atoms with Gasteiger partial charge in [-0.1, -0.05) is 29.5 Å². The molecule has 8 heteroatoms. The molecule has 0 atom stereocenters. The van der Waals surface area contributed by atoms with Gasteiger partial charge in [0.2, 0.25) is 0 Å². The molecule has 0 aliphatic rings. The lowest BCUT2D eigenvalue weighted by Crippen LogP contribution is -1.96. The van der Waals surface area contributed by atoms with Gasteiger partial charge in [-0.15, -0.1) is 5.10 Å². The summed E-state index contributed by atoms with van der Waals surface area (Å²) in [5.41, 5.74) is 1.79. The smallest absolute Gasteiger partial charge is 0.324 e. The predicted molar refractivity (Wildman–Crippen MR) is 82.5 cm³/mol. The number of nitrogens with zero attached hydrogens (tertiary/aromatic N) is 3. The van der Waals surface area contributed by atoms with E-state index in [1.54, 1.807) is 48.7 Å². The van der Waals surface area contributed by atoms with Crippen LogP contribution < -0.4 is 0 Å². The van der Waals surface area contributed by atoms with E-state index in [4.69, 9.17) is 9.79 Å². The molecule has 3 rings (SSSR count). The van der Waals surface area contributed by atoms with E-state index in [2.05, 4.69) is 10.3 Å². The quantitative estimate of drug-likeness (QED) is 0.717. The molecule has 0 unspecified atom stereocenters. The van der Waals surface area contributed by atoms with Crippen molar-refractivity contribution in [1.82, 2.24) is 15.0 Å². The topological polar surface area (TPSA) is 88.2 Å². The van der Waals surface area contributed by atoms with Gasteiger partial charge < -0.3 is 9.79 Å². The predicted octanol–water partition coefficient (Wildman–Crippen LogP) is 2.75. The maximum absolute atomic E-state index is 13.8. The normalized spacial score (nSPS) is 11.6. The highest BCUT2D eigenvalue weighted by molar-refractivity contribution is 7.50. The van der Waals surface area contributed by atoms with Crippen molar-refractivity contribution in [2.45, 2.75) is 6.16 Å². The molecule has 6 nitrogen and oxygen atoms in total. The molecule has 0 radical (unpaired) electrons. The van der Waals surface area contributed by atoms with Gasteiger partial charge in [0.05, 0.1) is 18.0 Å². The Morgan fingerprint density at radius 3 is 2.65 bits per heavy atom. The van der Waals surface area contributed by atoms with Gasteiger partial charge in [0, 0.05) is 5.56 Å². The second-order valence-electron chi connectivity index (χ2n) is 5.02. The standard InChI is InChI=1S/C15H13FN3O3P/c16-14-7-2-1-6-13(14)15-9-19(18-17-15)12-5-3-4-11(8-12)10-23(20,21)22/h1-9H,10H2,(H2,20,21,22). The monoisotopic (exact) mass is 333 g/mol. The van der Waals surface area contributed by atoms with Crippen LogP contribution in [0.5, 0.6) is 0 Å². The minimum atomic E-state index is -4.14. The number of halogens is 1. The highest BCUT2D eigenvalue weighted by atomic mass is 31.2. The number of benzene rings is 2. The summed E-state index contributed by atoms with van der Waals surface area (Å²) in [6.45, 7) is 0. The lowest BCUT2D eigenvalue weighted by atomic mass is 10.1. The highest BCUT2D eigenvalue weighted by Gasteiger charge is 2.15. The molecule has 0 saturated heterocycles. The van der Waals surface area contributed by atoms with Crippen molar-refractivity contribution in [1.29, 1.82) is 0 Å². The molecule has 0 fully saturated rings. The Hall–Kier alpha value is -2.34. The van der Waals surface area contributed by atoms with Crippen LogP contribution >= 0.6 is 7.60 Å². The van der Waals surface area contributed by atoms with E-state index in [0.29, 0.717) is 22.5 Å². The van der Waals surface area contributed by atoms with Crippen molar-refractivity contribution in [2.75, 3.05) is 0 Å². The van der Waals surface area contributed by atoms with Crippen molar-refractivity contribution in [3.05, 3.63) is 66.1 Å². The van der Waals surface area contributed by atoms with Crippen molar-refractivity contribution < 1.29 is 18.7 Å². The Kier molecular flexibility index (Phi) is 4.09. The summed E-state index contributed by atoms with van der Waals surface area (Å²) in [7, 11) is -4.14. The Morgan fingerprint density at radius 1 is 1.13 bits per heavy atom. The largest absolute Gasteiger partial charge is 0.329 e. The third-order valence-corrected chi connectivity index (χ3v) is 3.98. The van der Waals surface area contributed by atoms with Crippen LogP contribution in [0.15, 0.2) is 54.7 Å². The van der Waals surface area contributed by atoms with Crippen molar-refractivity contribution in [3.63, 3.8) is 0 Å². The molecule has 23 heavy (non-hydrogen) atoms. The zero-order valence-electron chi connectivity index (χ0n) is 11.9. The van der Waals surface area contributed by atoms with Crippen LogP contribution in [0.3, 0.4) is 0 Å². The molecule has 0 saturated carbocycles. The maximum Gasteiger partial charge on any atom is 0.329 e. The van der Waals surface area contributed by atoms with Crippen molar-refractivity contribution >= 4 is 7.60 Å². The first-order valence-electron chi connectivity index (χ1n) is 6.73. The molecule has 2 aromatic carbocycles. The molecule has 1 aromatic heterocycles. The van der Waals surface area contributed by atoms with Gasteiger partial charge in [-0.25, -0.2) is 9.07 Å². The fourth-order valence-electron chi connectivity index (χ4n) is 2.22. The number of hydrogen-bond donors (Lipinski definition) is 2. The lowest BCUT2D eigenvalue weighted by molar-refractivity contribution is 0.371. The van der Waals surface area contributed by atoms with Gasteiger partial charge in [-0.3, -0.25) is 4.57 Å². The van der Waals surface area contributed by atoms with Crippen LogP contribution in [0.4, 0.5) is 4.39 Å². The first kappa shape index (κ1) is 15.6. The molecule has 0 bridgehead atoms. The Morgan fingerprint density at radius 2 is 1.91 bits per heavy atom. The van der Waals surface area contributed by atoms with E-state index < -0.39 is 13.4 Å². The van der Waals surface area contributed by atoms with E-state index in [1.165, 1.54) is 10.7 Å². The summed E-state index contributed by atoms with van der Waals surface area (Å²) >= 11 is 0. The van der Waals surface area contributed by atoms with E-state index in [-0.39, 0.29) is 6.16 Å². The summed E-state index contributed by atoms with van der Waals surface area (Å²) in [5, 5.41) is 7.89. The maximum atomic E-state index is 13.8. The van der Waals surface area contributed by atoms with Crippen molar-refractivity contribution in [2.24, 2.45) is 0 Å². The fraction of sp³-hybridized carbons (Fsp3) is 0.0667. The minimum Gasteiger partial charge on any atom is -0.324 e. The summed E-state index contributed by atoms with van der Waals surface area (Å²) in [4.78, 5) is 18.1. The molecule has 3 aromatic rings. The van der Waals surface area contributed by atoms with E-state index >= 15 is 0 Å². The molecule has 0 aliphatic heterocycles. The highest BCUT2D eigenvalue weighted by Crippen LogP contribution is 2.39. The third-order valence-electron chi connectivity index (χ3n) is 3.21. The van der Waals surface area contributed by atoms with Crippen LogP contribution in [0, 0.1) is 5.82 Å². The van der Waals surface area contributed by atoms with Crippen LogP contribution in [0.2, 0.25) is 0 Å². The summed E-state index contributed by atoms with van der Waals surface area (Å²) < 4.78 is 26.3. The molecule has 0 spiro atoms. The summed E-state index contributed by atoms with van der Waals surface area (Å²) in [5.74, 6) is -0.394. The zero-order valence-corrected chi connectivity index (χ0v) is 12.8. The number of aromatic nitrogens is 3. The second-order valence-corrected chi connectivity index (χ2v) is 6.67. The third kappa shape index (κ3) is 3.71. The molecule has 0 amide bonds. The van der Waals surface area contributed by atoms with Gasteiger partial charge >= 0.3 is 7.60 Å². The summed E-state index contributed by atoms with van der Waals surface area (Å²) in [6, 6.07) is 12.9. The molecule has 1 heterocycles. The average molecular weight is 333 g/mol. The lowest BCUT2D eigenvalue weighted by Gasteiger charge is -2.06. The van der Waals surface area contributed by atoms with Gasteiger partial charge in [0.1, 0.15) is 11.5 Å². The van der Waals surface area contributed by atoms with Crippen molar-refractivity contribution in [3.8, 4) is 16.9 Å². The van der Waals surface area contributed by atoms with E-state index in [9.17, 15) is 8.96 Å². The molecule has 118 valence electrons. The van der Waals surface area contributed by atoms with Crippen LogP contribution in [-0.2, 0) is 10.7 Å². The number of hydrogen-bond acceptors (Lipinski definition) is 3. The molecule has 0 aliphatic carbocycles. The SMILES string of the molecule is O=P(O)(O)Cc1cccc(-n2cc(-c3ccccc3F)nn2)c1. The summed E-state index contributed by atoms with van der Waals surface area (Å²) in [6.07, 6.45) is 1.21. The van der Waals surface area contributed by atoms with Crippen LogP contribution in [0.25, 0.3) is 16.9 Å². The Balaban J connectivity index is 1.93. The Bertz CT molecular complexity index is 891. The van der Waals surface area contributed by atoms with Crippen LogP contribution in [-0.4, -0.2) is 24.8 Å².